The quantitative estimate of drug-likeness (QED) is 0.639. The van der Waals surface area contributed by atoms with E-state index in [1.165, 1.54) is 26.1 Å². The first-order chi connectivity index (χ1) is 7.91. The molecule has 6 heteroatoms. The molecular weight excluding hydrogens is 244 g/mol. The summed E-state index contributed by atoms with van der Waals surface area (Å²) in [5, 5.41) is 11.6. The Bertz CT molecular complexity index is 480. The van der Waals surface area contributed by atoms with Crippen LogP contribution in [0.1, 0.15) is 13.8 Å². The highest BCUT2D eigenvalue weighted by Gasteiger charge is 2.12. The number of rotatable bonds is 3. The van der Waals surface area contributed by atoms with E-state index in [0.29, 0.717) is 10.8 Å². The number of carboxylic acid groups (broad SMARTS) is 1. The zero-order valence-electron chi connectivity index (χ0n) is 9.32. The lowest BCUT2D eigenvalue weighted by molar-refractivity contribution is -0.133. The summed E-state index contributed by atoms with van der Waals surface area (Å²) in [5.74, 6) is -1.60. The third-order valence-electron chi connectivity index (χ3n) is 2.21. The van der Waals surface area contributed by atoms with Gasteiger partial charge in [0, 0.05) is 11.1 Å². The summed E-state index contributed by atoms with van der Waals surface area (Å²) in [6, 6.07) is 3.11. The average molecular weight is 255 g/mol. The zero-order valence-corrected chi connectivity index (χ0v) is 10.1. The van der Waals surface area contributed by atoms with Crippen LogP contribution in [0.15, 0.2) is 29.5 Å². The minimum atomic E-state index is -1.12. The van der Waals surface area contributed by atoms with Crippen LogP contribution >= 0.6 is 11.6 Å². The summed E-state index contributed by atoms with van der Waals surface area (Å²) in [6.07, 6.45) is 1.39. The van der Waals surface area contributed by atoms with E-state index in [2.05, 4.69) is 10.3 Å². The molecule has 0 atom stereocenters. The summed E-state index contributed by atoms with van der Waals surface area (Å²) in [7, 11) is 0. The first-order valence-electron chi connectivity index (χ1n) is 4.75. The molecule has 0 aromatic carbocycles. The summed E-state index contributed by atoms with van der Waals surface area (Å²) >= 11 is 5.59. The van der Waals surface area contributed by atoms with Crippen molar-refractivity contribution in [3.8, 4) is 0 Å². The van der Waals surface area contributed by atoms with E-state index in [0.717, 1.165) is 0 Å². The maximum absolute atomic E-state index is 11.7. The Hall–Kier alpha value is -1.88. The van der Waals surface area contributed by atoms with Crippen molar-refractivity contribution >= 4 is 29.2 Å². The number of amides is 1. The van der Waals surface area contributed by atoms with E-state index in [9.17, 15) is 9.59 Å². The maximum Gasteiger partial charge on any atom is 0.331 e. The molecule has 0 saturated heterocycles. The third kappa shape index (κ3) is 3.57. The number of halogens is 1. The summed E-state index contributed by atoms with van der Waals surface area (Å²) in [5.41, 5.74) is 0.605. The normalized spacial score (nSPS) is 11.7. The number of hydrogen-bond donors (Lipinski definition) is 2. The Morgan fingerprint density at radius 3 is 2.41 bits per heavy atom. The number of carbonyl (C=O) groups is 2. The molecule has 1 heterocycles. The van der Waals surface area contributed by atoms with E-state index >= 15 is 0 Å². The van der Waals surface area contributed by atoms with Crippen LogP contribution in [0.3, 0.4) is 0 Å². The molecule has 1 aromatic rings. The Morgan fingerprint density at radius 2 is 1.94 bits per heavy atom. The van der Waals surface area contributed by atoms with E-state index in [1.54, 1.807) is 6.07 Å². The molecule has 17 heavy (non-hydrogen) atoms. The molecule has 2 N–H and O–H groups in total. The van der Waals surface area contributed by atoms with Gasteiger partial charge in [-0.25, -0.2) is 9.78 Å². The number of hydrogen-bond acceptors (Lipinski definition) is 3. The fraction of sp³-hybridized carbons (Fsp3) is 0.182. The van der Waals surface area contributed by atoms with Gasteiger partial charge in [-0.15, -0.1) is 0 Å². The summed E-state index contributed by atoms with van der Waals surface area (Å²) < 4.78 is 0. The van der Waals surface area contributed by atoms with Crippen LogP contribution in [-0.2, 0) is 9.59 Å². The topological polar surface area (TPSA) is 79.3 Å². The summed E-state index contributed by atoms with van der Waals surface area (Å²) in [4.78, 5) is 26.1. The highest BCUT2D eigenvalue weighted by molar-refractivity contribution is 6.29. The highest BCUT2D eigenvalue weighted by Crippen LogP contribution is 2.12. The monoisotopic (exact) mass is 254 g/mol. The van der Waals surface area contributed by atoms with Crippen molar-refractivity contribution in [1.29, 1.82) is 0 Å². The molecule has 0 spiro atoms. The molecular formula is C11H11ClN2O3. The Morgan fingerprint density at radius 1 is 1.29 bits per heavy atom. The summed E-state index contributed by atoms with van der Waals surface area (Å²) in [6.45, 7) is 2.82. The fourth-order valence-electron chi connectivity index (χ4n) is 1.01. The van der Waals surface area contributed by atoms with Crippen molar-refractivity contribution in [3.63, 3.8) is 0 Å². The zero-order chi connectivity index (χ0) is 13.0. The van der Waals surface area contributed by atoms with Crippen LogP contribution in [0.5, 0.6) is 0 Å². The fourth-order valence-corrected chi connectivity index (χ4v) is 1.12. The number of nitrogens with zero attached hydrogens (tertiary/aromatic N) is 1. The van der Waals surface area contributed by atoms with Crippen molar-refractivity contribution in [3.05, 3.63) is 34.6 Å². The lowest BCUT2D eigenvalue weighted by Gasteiger charge is -2.06. The van der Waals surface area contributed by atoms with Gasteiger partial charge in [0.2, 0.25) is 0 Å². The van der Waals surface area contributed by atoms with E-state index in [1.807, 2.05) is 0 Å². The van der Waals surface area contributed by atoms with Gasteiger partial charge in [0.25, 0.3) is 5.91 Å². The standard InChI is InChI=1S/C11H11ClN2O3/c1-6(7(2)11(16)17)10(15)14-8-3-4-9(12)13-5-8/h3-5H,1-2H3,(H,14,15)(H,16,17)/b7-6+. The number of carboxylic acids is 1. The van der Waals surface area contributed by atoms with Crippen LogP contribution in [0, 0.1) is 0 Å². The average Bonchev–Trinajstić information content (AvgIpc) is 2.30. The second-order valence-electron chi connectivity index (χ2n) is 3.38. The largest absolute Gasteiger partial charge is 0.478 e. The van der Waals surface area contributed by atoms with Gasteiger partial charge in [-0.1, -0.05) is 11.6 Å². The first kappa shape index (κ1) is 13.2. The van der Waals surface area contributed by atoms with Gasteiger partial charge < -0.3 is 10.4 Å². The maximum atomic E-state index is 11.7. The van der Waals surface area contributed by atoms with Gasteiger partial charge in [-0.3, -0.25) is 4.79 Å². The third-order valence-corrected chi connectivity index (χ3v) is 2.43. The van der Waals surface area contributed by atoms with E-state index in [4.69, 9.17) is 16.7 Å². The van der Waals surface area contributed by atoms with Gasteiger partial charge in [0.05, 0.1) is 11.9 Å². The highest BCUT2D eigenvalue weighted by atomic mass is 35.5. The van der Waals surface area contributed by atoms with Crippen LogP contribution in [-0.4, -0.2) is 22.0 Å². The van der Waals surface area contributed by atoms with Crippen LogP contribution in [0.2, 0.25) is 5.15 Å². The molecule has 1 aromatic heterocycles. The second kappa shape index (κ2) is 5.45. The van der Waals surface area contributed by atoms with E-state index < -0.39 is 11.9 Å². The smallest absolute Gasteiger partial charge is 0.331 e. The Labute approximate surface area is 103 Å². The number of pyridine rings is 1. The molecule has 0 fully saturated rings. The molecule has 0 saturated carbocycles. The molecule has 0 aliphatic heterocycles. The molecule has 0 radical (unpaired) electrons. The van der Waals surface area contributed by atoms with Gasteiger partial charge in [-0.05, 0) is 26.0 Å². The van der Waals surface area contributed by atoms with Gasteiger partial charge in [0.15, 0.2) is 0 Å². The number of aromatic nitrogens is 1. The van der Waals surface area contributed by atoms with Crippen LogP contribution in [0.25, 0.3) is 0 Å². The predicted octanol–water partition coefficient (Wildman–Crippen LogP) is 2.09. The number of nitrogens with one attached hydrogen (secondary N) is 1. The molecule has 5 nitrogen and oxygen atoms in total. The SMILES string of the molecule is C/C(C(=O)O)=C(/C)C(=O)Nc1ccc(Cl)nc1. The first-order valence-corrected chi connectivity index (χ1v) is 5.13. The minimum Gasteiger partial charge on any atom is -0.478 e. The van der Waals surface area contributed by atoms with Gasteiger partial charge >= 0.3 is 5.97 Å². The molecule has 0 unspecified atom stereocenters. The Balaban J connectivity index is 2.83. The lowest BCUT2D eigenvalue weighted by Crippen LogP contribution is -2.16. The lowest BCUT2D eigenvalue weighted by atomic mass is 10.1. The molecule has 0 aliphatic rings. The second-order valence-corrected chi connectivity index (χ2v) is 3.77. The number of carbonyl (C=O) groups excluding carboxylic acids is 1. The van der Waals surface area contributed by atoms with Crippen LogP contribution < -0.4 is 5.32 Å². The molecule has 1 rings (SSSR count). The van der Waals surface area contributed by atoms with Crippen molar-refractivity contribution in [2.24, 2.45) is 0 Å². The predicted molar refractivity (Wildman–Crippen MR) is 63.9 cm³/mol. The minimum absolute atomic E-state index is 0.00410. The van der Waals surface area contributed by atoms with Gasteiger partial charge in [-0.2, -0.15) is 0 Å². The number of aliphatic carboxylic acids is 1. The van der Waals surface area contributed by atoms with Crippen molar-refractivity contribution in [2.75, 3.05) is 5.32 Å². The van der Waals surface area contributed by atoms with Crippen molar-refractivity contribution in [2.45, 2.75) is 13.8 Å². The molecule has 1 amide bonds. The van der Waals surface area contributed by atoms with Crippen molar-refractivity contribution in [1.82, 2.24) is 4.98 Å². The van der Waals surface area contributed by atoms with Gasteiger partial charge in [0.1, 0.15) is 5.15 Å². The molecule has 90 valence electrons. The van der Waals surface area contributed by atoms with Crippen molar-refractivity contribution < 1.29 is 14.7 Å². The van der Waals surface area contributed by atoms with E-state index in [-0.39, 0.29) is 11.1 Å². The van der Waals surface area contributed by atoms with Crippen LogP contribution in [0.4, 0.5) is 5.69 Å². The number of anilines is 1. The Kier molecular flexibility index (Phi) is 4.23. The molecule has 0 aliphatic carbocycles. The molecule has 0 bridgehead atoms.